The summed E-state index contributed by atoms with van der Waals surface area (Å²) in [6, 6.07) is 8.33. The number of aliphatic hydroxyl groups is 1. The van der Waals surface area contributed by atoms with Gasteiger partial charge < -0.3 is 10.2 Å². The van der Waals surface area contributed by atoms with Gasteiger partial charge in [-0.1, -0.05) is 6.07 Å². The summed E-state index contributed by atoms with van der Waals surface area (Å²) in [4.78, 5) is 5.39. The molecule has 90 valence electrons. The van der Waals surface area contributed by atoms with E-state index in [1.165, 1.54) is 10.9 Å². The van der Waals surface area contributed by atoms with Gasteiger partial charge in [-0.2, -0.15) is 0 Å². The number of pyridine rings is 1. The quantitative estimate of drug-likeness (QED) is 0.700. The maximum absolute atomic E-state index is 9.81. The van der Waals surface area contributed by atoms with Crippen LogP contribution in [0, 0.1) is 0 Å². The lowest BCUT2D eigenvalue weighted by molar-refractivity contribution is 0.281. The Morgan fingerprint density at radius 3 is 2.83 bits per heavy atom. The third-order valence-electron chi connectivity index (χ3n) is 2.60. The van der Waals surface area contributed by atoms with E-state index in [0.29, 0.717) is 22.4 Å². The van der Waals surface area contributed by atoms with Gasteiger partial charge in [0, 0.05) is 6.20 Å². The number of hydrogen-bond donors (Lipinski definition) is 2. The molecule has 0 unspecified atom stereocenters. The maximum atomic E-state index is 9.81. The summed E-state index contributed by atoms with van der Waals surface area (Å²) in [5.41, 5.74) is 2.24. The Balaban J connectivity index is 2.19. The molecule has 0 aliphatic carbocycles. The lowest BCUT2D eigenvalue weighted by Gasteiger charge is -2.04. The van der Waals surface area contributed by atoms with Gasteiger partial charge in [-0.15, -0.1) is 15.0 Å². The van der Waals surface area contributed by atoms with Crippen molar-refractivity contribution < 1.29 is 10.2 Å². The molecule has 0 saturated carbocycles. The number of nitrogens with zero attached hydrogens (tertiary/aromatic N) is 4. The number of phenols is 1. The van der Waals surface area contributed by atoms with Gasteiger partial charge in [-0.25, -0.2) is 4.98 Å². The molecule has 0 amide bonds. The molecule has 0 atom stereocenters. The molecule has 2 aromatic heterocycles. The molecule has 0 aliphatic heterocycles. The van der Waals surface area contributed by atoms with Crippen LogP contribution in [0.1, 0.15) is 5.56 Å². The van der Waals surface area contributed by atoms with Crippen molar-refractivity contribution in [3.8, 4) is 11.4 Å². The molecule has 0 saturated heterocycles. The number of aromatic nitrogens is 4. The van der Waals surface area contributed by atoms with Crippen LogP contribution in [0.5, 0.6) is 5.75 Å². The first-order valence-corrected chi connectivity index (χ1v) is 5.39. The second kappa shape index (κ2) is 4.08. The third-order valence-corrected chi connectivity index (χ3v) is 2.60. The van der Waals surface area contributed by atoms with Crippen LogP contribution in [0.3, 0.4) is 0 Å². The molecule has 2 N–H and O–H groups in total. The first-order valence-electron chi connectivity index (χ1n) is 5.39. The minimum Gasteiger partial charge on any atom is -0.506 e. The number of benzene rings is 1. The standard InChI is InChI=1S/C12H10N4O2/c17-7-8-3-4-11(18)10(6-8)16-14-9-2-1-5-13-12(9)15-16/h1-6,17-18H,7H2. The molecule has 3 rings (SSSR count). The smallest absolute Gasteiger partial charge is 0.202 e. The number of aromatic hydroxyl groups is 1. The molecular weight excluding hydrogens is 232 g/mol. The van der Waals surface area contributed by atoms with Crippen molar-refractivity contribution in [2.75, 3.05) is 0 Å². The highest BCUT2D eigenvalue weighted by atomic mass is 16.3. The minimum absolute atomic E-state index is 0.0486. The van der Waals surface area contributed by atoms with Crippen LogP contribution in [-0.4, -0.2) is 30.2 Å². The fourth-order valence-corrected chi connectivity index (χ4v) is 1.69. The summed E-state index contributed by atoms with van der Waals surface area (Å²) >= 11 is 0. The second-order valence-electron chi connectivity index (χ2n) is 3.82. The van der Waals surface area contributed by atoms with Gasteiger partial charge in [-0.05, 0) is 29.8 Å². The molecule has 2 heterocycles. The zero-order valence-electron chi connectivity index (χ0n) is 9.35. The summed E-state index contributed by atoms with van der Waals surface area (Å²) in [6.07, 6.45) is 1.63. The fourth-order valence-electron chi connectivity index (χ4n) is 1.69. The van der Waals surface area contributed by atoms with Gasteiger partial charge in [-0.3, -0.25) is 0 Å². The van der Waals surface area contributed by atoms with E-state index in [1.54, 1.807) is 30.5 Å². The van der Waals surface area contributed by atoms with E-state index >= 15 is 0 Å². The van der Waals surface area contributed by atoms with Crippen molar-refractivity contribution in [3.63, 3.8) is 0 Å². The molecule has 0 spiro atoms. The molecule has 3 aromatic rings. The topological polar surface area (TPSA) is 84.1 Å². The first kappa shape index (κ1) is 10.7. The number of hydrogen-bond acceptors (Lipinski definition) is 5. The third kappa shape index (κ3) is 1.68. The molecule has 0 fully saturated rings. The van der Waals surface area contributed by atoms with Gasteiger partial charge in [0.05, 0.1) is 6.61 Å². The van der Waals surface area contributed by atoms with E-state index in [0.717, 1.165) is 0 Å². The predicted molar refractivity (Wildman–Crippen MR) is 64.2 cm³/mol. The Morgan fingerprint density at radius 1 is 1.17 bits per heavy atom. The van der Waals surface area contributed by atoms with E-state index in [9.17, 15) is 5.11 Å². The first-order chi connectivity index (χ1) is 8.78. The lowest BCUT2D eigenvalue weighted by Crippen LogP contribution is -2.00. The maximum Gasteiger partial charge on any atom is 0.202 e. The molecule has 18 heavy (non-hydrogen) atoms. The summed E-state index contributed by atoms with van der Waals surface area (Å²) in [5.74, 6) is 0.0486. The van der Waals surface area contributed by atoms with Crippen molar-refractivity contribution in [2.45, 2.75) is 6.61 Å². The average Bonchev–Trinajstić information content (AvgIpc) is 2.82. The van der Waals surface area contributed by atoms with E-state index in [-0.39, 0.29) is 12.4 Å². The van der Waals surface area contributed by atoms with Crippen molar-refractivity contribution >= 4 is 11.2 Å². The van der Waals surface area contributed by atoms with Crippen LogP contribution >= 0.6 is 0 Å². The van der Waals surface area contributed by atoms with Crippen molar-refractivity contribution in [3.05, 3.63) is 42.1 Å². The Bertz CT molecular complexity index is 675. The normalized spacial score (nSPS) is 10.9. The Hall–Kier alpha value is -2.47. The largest absolute Gasteiger partial charge is 0.506 e. The molecular formula is C12H10N4O2. The van der Waals surface area contributed by atoms with E-state index in [1.807, 2.05) is 0 Å². The van der Waals surface area contributed by atoms with Crippen LogP contribution in [0.2, 0.25) is 0 Å². The van der Waals surface area contributed by atoms with Crippen LogP contribution in [-0.2, 0) is 6.61 Å². The van der Waals surface area contributed by atoms with E-state index in [2.05, 4.69) is 15.2 Å². The second-order valence-corrected chi connectivity index (χ2v) is 3.82. The molecule has 6 heteroatoms. The van der Waals surface area contributed by atoms with Gasteiger partial charge >= 0.3 is 0 Å². The van der Waals surface area contributed by atoms with Crippen molar-refractivity contribution in [1.29, 1.82) is 0 Å². The molecule has 0 aliphatic rings. The van der Waals surface area contributed by atoms with Gasteiger partial charge in [0.15, 0.2) is 0 Å². The Morgan fingerprint density at radius 2 is 2.06 bits per heavy atom. The zero-order chi connectivity index (χ0) is 12.5. The Kier molecular flexibility index (Phi) is 2.42. The highest BCUT2D eigenvalue weighted by Gasteiger charge is 2.09. The fraction of sp³-hybridized carbons (Fsp3) is 0.0833. The number of aliphatic hydroxyl groups excluding tert-OH is 1. The highest BCUT2D eigenvalue weighted by molar-refractivity contribution is 5.68. The minimum atomic E-state index is -0.105. The SMILES string of the molecule is OCc1ccc(O)c(-n2nc3cccnc3n2)c1. The van der Waals surface area contributed by atoms with E-state index < -0.39 is 0 Å². The van der Waals surface area contributed by atoms with Crippen LogP contribution in [0.25, 0.3) is 16.9 Å². The molecule has 1 aromatic carbocycles. The predicted octanol–water partition coefficient (Wildman–Crippen LogP) is 1.01. The summed E-state index contributed by atoms with van der Waals surface area (Å²) in [5, 5.41) is 27.3. The Labute approximate surface area is 102 Å². The molecule has 6 nitrogen and oxygen atoms in total. The number of phenolic OH excluding ortho intramolecular Hbond substituents is 1. The zero-order valence-corrected chi connectivity index (χ0v) is 9.35. The van der Waals surface area contributed by atoms with Crippen molar-refractivity contribution in [2.24, 2.45) is 0 Å². The van der Waals surface area contributed by atoms with Gasteiger partial charge in [0.1, 0.15) is 17.0 Å². The number of fused-ring (bicyclic) bond motifs is 1. The molecule has 0 bridgehead atoms. The van der Waals surface area contributed by atoms with Crippen molar-refractivity contribution in [1.82, 2.24) is 20.0 Å². The number of rotatable bonds is 2. The summed E-state index contributed by atoms with van der Waals surface area (Å²) in [6.45, 7) is -0.105. The summed E-state index contributed by atoms with van der Waals surface area (Å²) < 4.78 is 0. The van der Waals surface area contributed by atoms with Crippen LogP contribution in [0.4, 0.5) is 0 Å². The molecule has 0 radical (unpaired) electrons. The van der Waals surface area contributed by atoms with Crippen LogP contribution in [0.15, 0.2) is 36.5 Å². The van der Waals surface area contributed by atoms with E-state index in [4.69, 9.17) is 5.11 Å². The average molecular weight is 242 g/mol. The van der Waals surface area contributed by atoms with Gasteiger partial charge in [0.2, 0.25) is 5.65 Å². The van der Waals surface area contributed by atoms with Gasteiger partial charge in [0.25, 0.3) is 0 Å². The lowest BCUT2D eigenvalue weighted by atomic mass is 10.2. The summed E-state index contributed by atoms with van der Waals surface area (Å²) in [7, 11) is 0. The monoisotopic (exact) mass is 242 g/mol. The highest BCUT2D eigenvalue weighted by Crippen LogP contribution is 2.22. The van der Waals surface area contributed by atoms with Crippen LogP contribution < -0.4 is 0 Å².